The Labute approximate surface area is 129 Å². The Morgan fingerprint density at radius 1 is 1.42 bits per heavy atom. The van der Waals surface area contributed by atoms with Gasteiger partial charge in [0.15, 0.2) is 0 Å². The molecule has 0 spiro atoms. The molecule has 19 heavy (non-hydrogen) atoms. The zero-order valence-electron chi connectivity index (χ0n) is 12.2. The van der Waals surface area contributed by atoms with Crippen LogP contribution < -0.4 is 10.2 Å². The van der Waals surface area contributed by atoms with E-state index in [0.29, 0.717) is 10.8 Å². The molecule has 2 rings (SSSR count). The normalized spacial score (nSPS) is 20.4. The van der Waals surface area contributed by atoms with Crippen LogP contribution in [0.2, 0.25) is 0 Å². The predicted molar refractivity (Wildman–Crippen MR) is 90.4 cm³/mol. The molecule has 1 aromatic carbocycles. The number of rotatable bonds is 3. The standard InChI is InChI=1S/C15H23BrN2S/c1-11(17-4)13-9-12(16)5-6-14(13)18-7-8-19-15(2,3)10-18/h5-6,9,11,17H,7-8,10H2,1-4H3. The van der Waals surface area contributed by atoms with Crippen LogP contribution in [0.3, 0.4) is 0 Å². The third-order valence-corrected chi connectivity index (χ3v) is 5.45. The zero-order chi connectivity index (χ0) is 14.0. The molecule has 0 aromatic heterocycles. The average Bonchev–Trinajstić information content (AvgIpc) is 2.36. The summed E-state index contributed by atoms with van der Waals surface area (Å²) in [5, 5.41) is 3.36. The maximum atomic E-state index is 3.59. The van der Waals surface area contributed by atoms with Gasteiger partial charge in [0.1, 0.15) is 0 Å². The van der Waals surface area contributed by atoms with Crippen molar-refractivity contribution < 1.29 is 0 Å². The van der Waals surface area contributed by atoms with Gasteiger partial charge in [-0.3, -0.25) is 0 Å². The van der Waals surface area contributed by atoms with E-state index in [1.165, 1.54) is 17.0 Å². The lowest BCUT2D eigenvalue weighted by Gasteiger charge is -2.40. The van der Waals surface area contributed by atoms with Crippen LogP contribution >= 0.6 is 27.7 Å². The van der Waals surface area contributed by atoms with Gasteiger partial charge in [-0.05, 0) is 51.6 Å². The van der Waals surface area contributed by atoms with Gasteiger partial charge in [0.05, 0.1) is 0 Å². The third-order valence-electron chi connectivity index (χ3n) is 3.66. The van der Waals surface area contributed by atoms with E-state index in [1.807, 2.05) is 7.05 Å². The summed E-state index contributed by atoms with van der Waals surface area (Å²) in [4.78, 5) is 2.53. The Morgan fingerprint density at radius 3 is 2.79 bits per heavy atom. The summed E-state index contributed by atoms with van der Waals surface area (Å²) in [6, 6.07) is 7.01. The lowest BCUT2D eigenvalue weighted by molar-refractivity contribution is 0.624. The average molecular weight is 343 g/mol. The van der Waals surface area contributed by atoms with Crippen molar-refractivity contribution in [3.63, 3.8) is 0 Å². The minimum Gasteiger partial charge on any atom is -0.369 e. The van der Waals surface area contributed by atoms with Crippen molar-refractivity contribution in [2.75, 3.05) is 30.8 Å². The van der Waals surface area contributed by atoms with Gasteiger partial charge < -0.3 is 10.2 Å². The molecule has 1 aliphatic rings. The first-order chi connectivity index (χ1) is 8.93. The summed E-state index contributed by atoms with van der Waals surface area (Å²) < 4.78 is 1.49. The maximum Gasteiger partial charge on any atom is 0.0416 e. The van der Waals surface area contributed by atoms with E-state index in [9.17, 15) is 0 Å². The Kier molecular flexibility index (Phi) is 4.85. The molecular weight excluding hydrogens is 320 g/mol. The third kappa shape index (κ3) is 3.67. The number of nitrogens with one attached hydrogen (secondary N) is 1. The van der Waals surface area contributed by atoms with Gasteiger partial charge in [-0.25, -0.2) is 0 Å². The molecule has 1 saturated heterocycles. The molecule has 2 nitrogen and oxygen atoms in total. The number of halogens is 1. The largest absolute Gasteiger partial charge is 0.369 e. The fourth-order valence-electron chi connectivity index (χ4n) is 2.54. The van der Waals surface area contributed by atoms with Crippen molar-refractivity contribution in [2.45, 2.75) is 31.6 Å². The Bertz CT molecular complexity index is 448. The summed E-state index contributed by atoms with van der Waals surface area (Å²) in [7, 11) is 2.02. The second-order valence-electron chi connectivity index (χ2n) is 5.74. The summed E-state index contributed by atoms with van der Waals surface area (Å²) >= 11 is 5.67. The smallest absolute Gasteiger partial charge is 0.0416 e. The molecular formula is C15H23BrN2S. The fourth-order valence-corrected chi connectivity index (χ4v) is 4.03. The molecule has 0 aliphatic carbocycles. The molecule has 0 amide bonds. The van der Waals surface area contributed by atoms with Gasteiger partial charge in [-0.15, -0.1) is 0 Å². The number of anilines is 1. The number of hydrogen-bond acceptors (Lipinski definition) is 3. The van der Waals surface area contributed by atoms with Crippen molar-refractivity contribution in [3.05, 3.63) is 28.2 Å². The van der Waals surface area contributed by atoms with Crippen molar-refractivity contribution in [1.29, 1.82) is 0 Å². The minimum atomic E-state index is 0.339. The van der Waals surface area contributed by atoms with E-state index in [-0.39, 0.29) is 0 Å². The molecule has 0 saturated carbocycles. The summed E-state index contributed by atoms with van der Waals surface area (Å²) in [6.45, 7) is 9.14. The minimum absolute atomic E-state index is 0.339. The van der Waals surface area contributed by atoms with E-state index in [0.717, 1.165) is 17.6 Å². The van der Waals surface area contributed by atoms with E-state index >= 15 is 0 Å². The SMILES string of the molecule is CNC(C)c1cc(Br)ccc1N1CCSC(C)(C)C1. The van der Waals surface area contributed by atoms with Gasteiger partial charge in [-0.1, -0.05) is 15.9 Å². The molecule has 0 radical (unpaired) electrons. The first-order valence-corrected chi connectivity index (χ1v) is 8.56. The Hall–Kier alpha value is -0.190. The highest BCUT2D eigenvalue weighted by molar-refractivity contribution is 9.10. The molecule has 1 aromatic rings. The molecule has 1 atom stereocenters. The lowest BCUT2D eigenvalue weighted by Crippen LogP contribution is -2.43. The highest BCUT2D eigenvalue weighted by atomic mass is 79.9. The van der Waals surface area contributed by atoms with Crippen LogP contribution in [-0.2, 0) is 0 Å². The molecule has 1 heterocycles. The van der Waals surface area contributed by atoms with Crippen molar-refractivity contribution in [2.24, 2.45) is 0 Å². The molecule has 1 fully saturated rings. The summed E-state index contributed by atoms with van der Waals surface area (Å²) in [5.74, 6) is 1.20. The van der Waals surface area contributed by atoms with E-state index in [1.54, 1.807) is 0 Å². The van der Waals surface area contributed by atoms with Gasteiger partial charge in [0.2, 0.25) is 0 Å². The van der Waals surface area contributed by atoms with Crippen LogP contribution in [0.15, 0.2) is 22.7 Å². The lowest BCUT2D eigenvalue weighted by atomic mass is 10.0. The van der Waals surface area contributed by atoms with Crippen LogP contribution in [0.4, 0.5) is 5.69 Å². The fraction of sp³-hybridized carbons (Fsp3) is 0.600. The van der Waals surface area contributed by atoms with Gasteiger partial charge in [0.25, 0.3) is 0 Å². The monoisotopic (exact) mass is 342 g/mol. The second kappa shape index (κ2) is 6.06. The van der Waals surface area contributed by atoms with Crippen molar-refractivity contribution >= 4 is 33.4 Å². The molecule has 0 bridgehead atoms. The highest BCUT2D eigenvalue weighted by Gasteiger charge is 2.28. The molecule has 1 unspecified atom stereocenters. The number of nitrogens with zero attached hydrogens (tertiary/aromatic N) is 1. The van der Waals surface area contributed by atoms with E-state index in [4.69, 9.17) is 0 Å². The van der Waals surface area contributed by atoms with Gasteiger partial charge in [0, 0.05) is 39.8 Å². The number of benzene rings is 1. The van der Waals surface area contributed by atoms with Crippen LogP contribution in [-0.4, -0.2) is 30.6 Å². The van der Waals surface area contributed by atoms with E-state index in [2.05, 4.69) is 76.9 Å². The quantitative estimate of drug-likeness (QED) is 0.891. The van der Waals surface area contributed by atoms with Crippen LogP contribution in [0, 0.1) is 0 Å². The Balaban J connectivity index is 2.33. The highest BCUT2D eigenvalue weighted by Crippen LogP contribution is 2.36. The van der Waals surface area contributed by atoms with Crippen LogP contribution in [0.1, 0.15) is 32.4 Å². The van der Waals surface area contributed by atoms with Crippen molar-refractivity contribution in [1.82, 2.24) is 5.32 Å². The van der Waals surface area contributed by atoms with Crippen LogP contribution in [0.5, 0.6) is 0 Å². The first-order valence-electron chi connectivity index (χ1n) is 6.78. The maximum absolute atomic E-state index is 3.59. The topological polar surface area (TPSA) is 15.3 Å². The molecule has 1 aliphatic heterocycles. The first kappa shape index (κ1) is 15.2. The zero-order valence-corrected chi connectivity index (χ0v) is 14.6. The second-order valence-corrected chi connectivity index (χ2v) is 8.46. The van der Waals surface area contributed by atoms with E-state index < -0.39 is 0 Å². The van der Waals surface area contributed by atoms with Gasteiger partial charge in [-0.2, -0.15) is 11.8 Å². The summed E-state index contributed by atoms with van der Waals surface area (Å²) in [5.41, 5.74) is 2.75. The number of hydrogen-bond donors (Lipinski definition) is 1. The Morgan fingerprint density at radius 2 is 2.16 bits per heavy atom. The predicted octanol–water partition coefficient (Wildman–Crippen LogP) is 4.06. The van der Waals surface area contributed by atoms with Gasteiger partial charge >= 0.3 is 0 Å². The summed E-state index contributed by atoms with van der Waals surface area (Å²) in [6.07, 6.45) is 0. The number of thioether (sulfide) groups is 1. The molecule has 4 heteroatoms. The van der Waals surface area contributed by atoms with Crippen molar-refractivity contribution in [3.8, 4) is 0 Å². The molecule has 1 N–H and O–H groups in total. The van der Waals surface area contributed by atoms with Crippen LogP contribution in [0.25, 0.3) is 0 Å². The molecule has 106 valence electrons.